The van der Waals surface area contributed by atoms with Crippen LogP contribution in [0.4, 0.5) is 4.79 Å². The van der Waals surface area contributed by atoms with E-state index in [0.29, 0.717) is 24.4 Å². The third-order valence-corrected chi connectivity index (χ3v) is 7.80. The van der Waals surface area contributed by atoms with Crippen LogP contribution in [0.1, 0.15) is 70.1 Å². The van der Waals surface area contributed by atoms with Crippen LogP contribution >= 0.6 is 0 Å². The zero-order valence-corrected chi connectivity index (χ0v) is 23.1. The molecule has 0 spiro atoms. The van der Waals surface area contributed by atoms with Gasteiger partial charge in [0.1, 0.15) is 24.2 Å². The number of Topliss-reactive ketones (excluding diaryl/α,β-unsaturated/α-hetero) is 1. The normalized spacial score (nSPS) is 27.0. The first-order chi connectivity index (χ1) is 20.3. The first kappa shape index (κ1) is 28.8. The highest BCUT2D eigenvalue weighted by atomic mass is 16.6. The number of ether oxygens (including phenoxy) is 3. The monoisotopic (exact) mass is 572 g/mol. The highest BCUT2D eigenvalue weighted by molar-refractivity contribution is 5.81. The summed E-state index contributed by atoms with van der Waals surface area (Å²) in [5.41, 5.74) is -1.22. The van der Waals surface area contributed by atoms with E-state index in [1.165, 1.54) is 19.2 Å². The third kappa shape index (κ3) is 8.41. The molecule has 0 radical (unpaired) electrons. The van der Waals surface area contributed by atoms with Crippen LogP contribution in [0.5, 0.6) is 0 Å². The molecule has 0 aromatic carbocycles. The Morgan fingerprint density at radius 2 is 2.00 bits per heavy atom. The Balaban J connectivity index is 1.26. The Morgan fingerprint density at radius 3 is 2.71 bits per heavy atom. The fourth-order valence-electron chi connectivity index (χ4n) is 5.61. The third-order valence-electron chi connectivity index (χ3n) is 7.80. The Kier molecular flexibility index (Phi) is 10.0. The van der Waals surface area contributed by atoms with Gasteiger partial charge in [0.2, 0.25) is 1.43 Å². The molecule has 4 rings (SSSR count). The highest BCUT2D eigenvalue weighted by Gasteiger charge is 2.48. The number of aliphatic hydroxyl groups excluding tert-OH is 1. The minimum absolute atomic E-state index is 0.0363. The summed E-state index contributed by atoms with van der Waals surface area (Å²) in [5, 5.41) is 7.04. The molecule has 1 aliphatic heterocycles. The maximum Gasteiger partial charge on any atom is 0.407 e. The van der Waals surface area contributed by atoms with Gasteiger partial charge in [-0.05, 0) is 43.9 Å². The van der Waals surface area contributed by atoms with Gasteiger partial charge in [-0.1, -0.05) is 12.2 Å². The Morgan fingerprint density at radius 1 is 1.24 bits per heavy atom. The summed E-state index contributed by atoms with van der Waals surface area (Å²) in [4.78, 5) is 62.5. The zero-order valence-electron chi connectivity index (χ0n) is 24.1. The number of alkyl carbamates (subject to hydrolysis) is 1. The molecule has 2 fully saturated rings. The summed E-state index contributed by atoms with van der Waals surface area (Å²) in [5.74, 6) is 7.60. The molecule has 222 valence electrons. The number of fused-ring (bicyclic) bond motifs is 1. The Labute approximate surface area is 238 Å². The first-order valence-corrected chi connectivity index (χ1v) is 14.1. The lowest BCUT2D eigenvalue weighted by Gasteiger charge is -2.16. The number of aromatic nitrogens is 2. The molecule has 1 aromatic rings. The summed E-state index contributed by atoms with van der Waals surface area (Å²) in [6.07, 6.45) is 6.19. The number of aromatic amines is 1. The van der Waals surface area contributed by atoms with Crippen LogP contribution in [0.2, 0.25) is 0 Å². The van der Waals surface area contributed by atoms with Crippen LogP contribution in [0.3, 0.4) is 0 Å². The lowest BCUT2D eigenvalue weighted by atomic mass is 10.1. The van der Waals surface area contributed by atoms with Gasteiger partial charge < -0.3 is 29.4 Å². The van der Waals surface area contributed by atoms with Crippen LogP contribution in [-0.2, 0) is 23.8 Å². The van der Waals surface area contributed by atoms with Crippen molar-refractivity contribution < 1.29 is 33.7 Å². The summed E-state index contributed by atoms with van der Waals surface area (Å²) < 4.78 is 24.8. The molecule has 2 aliphatic carbocycles. The summed E-state index contributed by atoms with van der Waals surface area (Å²) >= 11 is 0. The number of H-pyrrole nitrogens is 1. The number of carbonyl (C=O) groups is 3. The van der Waals surface area contributed by atoms with E-state index >= 15 is 0 Å². The molecule has 3 N–H and O–H groups in total. The summed E-state index contributed by atoms with van der Waals surface area (Å²) in [6, 6.07) is 0. The molecule has 1 saturated heterocycles. The smallest absolute Gasteiger partial charge is 0.407 e. The van der Waals surface area contributed by atoms with Gasteiger partial charge in [0.25, 0.3) is 5.56 Å². The average molecular weight is 573 g/mol. The fraction of sp³-hybridized carbons (Fsp3) is 0.621. The van der Waals surface area contributed by atoms with Crippen molar-refractivity contribution >= 4 is 23.9 Å². The van der Waals surface area contributed by atoms with Crippen molar-refractivity contribution in [3.05, 3.63) is 38.7 Å². The number of rotatable bonds is 13. The van der Waals surface area contributed by atoms with Gasteiger partial charge in [-0.3, -0.25) is 19.1 Å². The molecule has 6 atom stereocenters. The van der Waals surface area contributed by atoms with Crippen molar-refractivity contribution in [2.24, 2.45) is 17.8 Å². The molecule has 2 heterocycles. The fourth-order valence-corrected chi connectivity index (χ4v) is 5.61. The van der Waals surface area contributed by atoms with Gasteiger partial charge in [-0.25, -0.2) is 9.59 Å². The zero-order chi connectivity index (χ0) is 30.1. The molecule has 1 amide bonds. The van der Waals surface area contributed by atoms with E-state index in [0.717, 1.165) is 36.7 Å². The number of hydrogen-bond donors (Lipinski definition) is 3. The van der Waals surface area contributed by atoms with Crippen LogP contribution in [0, 0.1) is 29.6 Å². The second-order valence-corrected chi connectivity index (χ2v) is 10.6. The Bertz CT molecular complexity index is 1330. The number of amides is 1. The number of carbonyl (C=O) groups excluding carboxylic acids is 3. The van der Waals surface area contributed by atoms with Crippen LogP contribution in [0.25, 0.3) is 6.08 Å². The van der Waals surface area contributed by atoms with Crippen molar-refractivity contribution in [1.82, 2.24) is 14.9 Å². The molecular weight excluding hydrogens is 534 g/mol. The molecule has 0 bridgehead atoms. The van der Waals surface area contributed by atoms with E-state index in [1.54, 1.807) is 6.08 Å². The van der Waals surface area contributed by atoms with Crippen molar-refractivity contribution in [2.75, 3.05) is 19.8 Å². The van der Waals surface area contributed by atoms with Gasteiger partial charge >= 0.3 is 17.8 Å². The van der Waals surface area contributed by atoms with Gasteiger partial charge in [-0.2, -0.15) is 0 Å². The largest absolute Gasteiger partial charge is 0.459 e. The van der Waals surface area contributed by atoms with Crippen molar-refractivity contribution in [3.8, 4) is 11.8 Å². The van der Waals surface area contributed by atoms with Crippen molar-refractivity contribution in [2.45, 2.75) is 76.7 Å². The second-order valence-electron chi connectivity index (χ2n) is 10.6. The number of nitrogens with one attached hydrogen (secondary N) is 2. The predicted molar refractivity (Wildman–Crippen MR) is 146 cm³/mol. The van der Waals surface area contributed by atoms with Crippen LogP contribution in [-0.4, -0.2) is 65.9 Å². The molecule has 12 nitrogen and oxygen atoms in total. The number of esters is 1. The average Bonchev–Trinajstić information content (AvgIpc) is 3.40. The van der Waals surface area contributed by atoms with Gasteiger partial charge in [0.15, 0.2) is 0 Å². The number of aliphatic hydroxyl groups is 1. The topological polar surface area (TPSA) is 166 Å². The lowest BCUT2D eigenvalue weighted by molar-refractivity contribution is -0.153. The first-order valence-electron chi connectivity index (χ1n) is 14.5. The molecular formula is C29H37N3O9. The lowest BCUT2D eigenvalue weighted by Crippen LogP contribution is -2.33. The van der Waals surface area contributed by atoms with Gasteiger partial charge in [0, 0.05) is 38.4 Å². The molecule has 1 aromatic heterocycles. The Hall–Kier alpha value is -3.69. The SMILES string of the molecule is [2H]OC[C@H]1O[C@@H](n2cc(/C=C/CNC(=O)OCCC3[C@H]4CCC#CCC[C@@H]34)c(=O)[nH]c2=O)CC1OC(=O)CCC(C)=O. The quantitative estimate of drug-likeness (QED) is 0.235. The molecule has 3 aliphatic rings. The van der Waals surface area contributed by atoms with Gasteiger partial charge in [-0.15, -0.1) is 11.8 Å². The maximum atomic E-state index is 12.5. The maximum absolute atomic E-state index is 12.5. The minimum atomic E-state index is -0.906. The number of hydrogen-bond acceptors (Lipinski definition) is 9. The van der Waals surface area contributed by atoms with E-state index in [1.807, 2.05) is 0 Å². The van der Waals surface area contributed by atoms with Crippen LogP contribution < -0.4 is 16.6 Å². The predicted octanol–water partition coefficient (Wildman–Crippen LogP) is 1.67. The number of ketones is 1. The molecule has 1 saturated carbocycles. The van der Waals surface area contributed by atoms with E-state index in [2.05, 4.69) is 27.3 Å². The highest BCUT2D eigenvalue weighted by Crippen LogP contribution is 2.54. The minimum Gasteiger partial charge on any atom is -0.459 e. The van der Waals surface area contributed by atoms with E-state index in [4.69, 9.17) is 15.6 Å². The van der Waals surface area contributed by atoms with E-state index < -0.39 is 41.7 Å². The molecule has 41 heavy (non-hydrogen) atoms. The van der Waals surface area contributed by atoms with Crippen molar-refractivity contribution in [1.29, 1.82) is 1.43 Å². The van der Waals surface area contributed by atoms with E-state index in [9.17, 15) is 24.0 Å². The molecule has 2 unspecified atom stereocenters. The second kappa shape index (κ2) is 14.3. The summed E-state index contributed by atoms with van der Waals surface area (Å²) in [7, 11) is 0. The molecule has 12 heteroatoms. The summed E-state index contributed by atoms with van der Waals surface area (Å²) in [6.45, 7) is 1.60. The van der Waals surface area contributed by atoms with E-state index in [-0.39, 0.29) is 43.8 Å². The van der Waals surface area contributed by atoms with Crippen LogP contribution in [0.15, 0.2) is 21.9 Å². The van der Waals surface area contributed by atoms with Crippen molar-refractivity contribution in [3.63, 3.8) is 0 Å². The number of nitrogens with zero attached hydrogens (tertiary/aromatic N) is 1. The standard InChI is InChI=1S/C29H37N3O9/c1-18(34)10-11-26(35)41-23-15-25(40-24(23)17-33)32-16-19(27(36)31-28(32)37)7-6-13-30-29(38)39-14-12-22-20-8-4-2-3-5-9-21(20)22/h6-7,16,20-25,33H,4-5,8-15,17H2,1H3,(H,30,38)(H,31,36,37)/b7-6+/t20-,21+,22?,23?,24-,25-/m1/s1/i33D. The van der Waals surface area contributed by atoms with Gasteiger partial charge in [0.05, 0.1) is 25.2 Å².